The molecule has 0 aromatic carbocycles. The molecule has 7 nitrogen and oxygen atoms in total. The Morgan fingerprint density at radius 1 is 1.42 bits per heavy atom. The summed E-state index contributed by atoms with van der Waals surface area (Å²) in [6.07, 6.45) is 4.96. The molecule has 1 rings (SSSR count). The van der Waals surface area contributed by atoms with Crippen LogP contribution in [0, 0.1) is 0 Å². The quantitative estimate of drug-likeness (QED) is 0.576. The van der Waals surface area contributed by atoms with Gasteiger partial charge in [0.15, 0.2) is 12.3 Å². The second-order valence-electron chi connectivity index (χ2n) is 5.97. The van der Waals surface area contributed by atoms with Crippen molar-refractivity contribution in [3.8, 4) is 0 Å². The number of amides is 1. The van der Waals surface area contributed by atoms with Crippen LogP contribution >= 0.6 is 0 Å². The summed E-state index contributed by atoms with van der Waals surface area (Å²) in [4.78, 5) is 24.5. The number of likely N-dealkylation sites (N-methyl/N-ethyl adjacent to an activating group) is 1. The van der Waals surface area contributed by atoms with E-state index >= 15 is 0 Å². The second kappa shape index (κ2) is 11.2. The summed E-state index contributed by atoms with van der Waals surface area (Å²) in [5.41, 5.74) is 0. The fourth-order valence-corrected chi connectivity index (χ4v) is 2.39. The molecule has 1 unspecified atom stereocenters. The van der Waals surface area contributed by atoms with E-state index in [0.717, 1.165) is 19.3 Å². The summed E-state index contributed by atoms with van der Waals surface area (Å²) in [5.74, 6) is -1.33. The lowest BCUT2D eigenvalue weighted by atomic mass is 10.2. The van der Waals surface area contributed by atoms with E-state index in [0.29, 0.717) is 13.0 Å². The Bertz CT molecular complexity index is 408. The van der Waals surface area contributed by atoms with Crippen molar-refractivity contribution in [1.29, 1.82) is 0 Å². The van der Waals surface area contributed by atoms with Crippen LogP contribution in [0.15, 0.2) is 12.7 Å². The van der Waals surface area contributed by atoms with Gasteiger partial charge in [-0.05, 0) is 32.6 Å². The van der Waals surface area contributed by atoms with Gasteiger partial charge < -0.3 is 24.2 Å². The van der Waals surface area contributed by atoms with E-state index in [-0.39, 0.29) is 37.9 Å². The van der Waals surface area contributed by atoms with Crippen molar-refractivity contribution in [3.05, 3.63) is 12.7 Å². The van der Waals surface area contributed by atoms with E-state index in [1.54, 1.807) is 6.08 Å². The summed E-state index contributed by atoms with van der Waals surface area (Å²) in [6, 6.07) is -1.01. The second-order valence-corrected chi connectivity index (χ2v) is 5.97. The molecule has 1 saturated heterocycles. The Morgan fingerprint density at radius 3 is 2.75 bits per heavy atom. The van der Waals surface area contributed by atoms with Gasteiger partial charge in [-0.2, -0.15) is 0 Å². The number of allylic oxidation sites excluding steroid dienone is 1. The Kier molecular flexibility index (Phi) is 9.59. The molecule has 1 aliphatic heterocycles. The van der Waals surface area contributed by atoms with Crippen molar-refractivity contribution in [1.82, 2.24) is 4.90 Å². The zero-order valence-electron chi connectivity index (χ0n) is 14.6. The zero-order valence-corrected chi connectivity index (χ0v) is 14.6. The van der Waals surface area contributed by atoms with Crippen LogP contribution in [-0.4, -0.2) is 67.2 Å². The minimum absolute atomic E-state index is 0.0785. The van der Waals surface area contributed by atoms with Crippen molar-refractivity contribution in [2.45, 2.75) is 57.5 Å². The lowest BCUT2D eigenvalue weighted by Gasteiger charge is -2.27. The van der Waals surface area contributed by atoms with Gasteiger partial charge in [0, 0.05) is 20.1 Å². The topological polar surface area (TPSA) is 85.3 Å². The molecule has 0 aliphatic carbocycles. The minimum atomic E-state index is -1.09. The number of hydrogen-bond acceptors (Lipinski definition) is 5. The zero-order chi connectivity index (χ0) is 17.9. The first-order chi connectivity index (χ1) is 11.5. The van der Waals surface area contributed by atoms with Crippen molar-refractivity contribution in [2.24, 2.45) is 0 Å². The molecule has 0 bridgehead atoms. The maximum atomic E-state index is 11.9. The highest BCUT2D eigenvalue weighted by Gasteiger charge is 2.27. The van der Waals surface area contributed by atoms with Gasteiger partial charge in [0.2, 0.25) is 5.91 Å². The maximum Gasteiger partial charge on any atom is 0.328 e. The predicted octanol–water partition coefficient (Wildman–Crippen LogP) is 1.81. The van der Waals surface area contributed by atoms with E-state index in [9.17, 15) is 14.7 Å². The smallest absolute Gasteiger partial charge is 0.328 e. The summed E-state index contributed by atoms with van der Waals surface area (Å²) in [6.45, 7) is 6.28. The van der Waals surface area contributed by atoms with Crippen molar-refractivity contribution in [3.63, 3.8) is 0 Å². The minimum Gasteiger partial charge on any atom is -0.480 e. The number of carboxylic acid groups (broad SMARTS) is 1. The third kappa shape index (κ3) is 7.42. The molecule has 1 amide bonds. The molecule has 0 spiro atoms. The molecule has 0 saturated carbocycles. The van der Waals surface area contributed by atoms with Crippen LogP contribution in [0.5, 0.6) is 0 Å². The van der Waals surface area contributed by atoms with E-state index in [2.05, 4.69) is 6.58 Å². The van der Waals surface area contributed by atoms with Crippen LogP contribution < -0.4 is 0 Å². The number of carbonyl (C=O) groups is 2. The number of aliphatic carboxylic acids is 1. The maximum absolute atomic E-state index is 11.9. The van der Waals surface area contributed by atoms with Gasteiger partial charge in [-0.25, -0.2) is 4.79 Å². The van der Waals surface area contributed by atoms with Crippen molar-refractivity contribution in [2.75, 3.05) is 26.9 Å². The van der Waals surface area contributed by atoms with Gasteiger partial charge in [0.25, 0.3) is 0 Å². The molecule has 1 aliphatic rings. The summed E-state index contributed by atoms with van der Waals surface area (Å²) in [7, 11) is 1.48. The van der Waals surface area contributed by atoms with E-state index < -0.39 is 12.0 Å². The van der Waals surface area contributed by atoms with Gasteiger partial charge >= 0.3 is 5.97 Å². The van der Waals surface area contributed by atoms with Crippen LogP contribution in [0.3, 0.4) is 0 Å². The lowest BCUT2D eigenvalue weighted by Crippen LogP contribution is -2.45. The highest BCUT2D eigenvalue weighted by molar-refractivity contribution is 5.83. The first kappa shape index (κ1) is 20.6. The largest absolute Gasteiger partial charge is 0.480 e. The predicted molar refractivity (Wildman–Crippen MR) is 88.6 cm³/mol. The van der Waals surface area contributed by atoms with E-state index in [1.165, 1.54) is 11.9 Å². The molecule has 7 heteroatoms. The van der Waals surface area contributed by atoms with Gasteiger partial charge in [0.1, 0.15) is 0 Å². The standard InChI is InChI=1S/C17H29NO6/c1-4-5-8-15(19)18(3)14(17(20)21)12-22-11-13(2)24-16-9-6-7-10-23-16/h4,13-14,16H,1,5-12H2,2-3H3,(H,20,21)/t13-,14-,16?/m0/s1. The van der Waals surface area contributed by atoms with Gasteiger partial charge in [-0.1, -0.05) is 6.08 Å². The van der Waals surface area contributed by atoms with E-state index in [4.69, 9.17) is 14.2 Å². The van der Waals surface area contributed by atoms with Gasteiger partial charge in [-0.15, -0.1) is 6.58 Å². The normalized spacial score (nSPS) is 20.2. The number of ether oxygens (including phenoxy) is 3. The molecule has 138 valence electrons. The molecule has 3 atom stereocenters. The fourth-order valence-electron chi connectivity index (χ4n) is 2.39. The molecule has 1 fully saturated rings. The molecule has 1 heterocycles. The average molecular weight is 343 g/mol. The van der Waals surface area contributed by atoms with Crippen LogP contribution in [0.4, 0.5) is 0 Å². The Morgan fingerprint density at radius 2 is 2.17 bits per heavy atom. The number of hydrogen-bond donors (Lipinski definition) is 1. The molecule has 0 radical (unpaired) electrons. The first-order valence-corrected chi connectivity index (χ1v) is 8.39. The highest BCUT2D eigenvalue weighted by atomic mass is 16.7. The summed E-state index contributed by atoms with van der Waals surface area (Å²) >= 11 is 0. The third-order valence-electron chi connectivity index (χ3n) is 3.86. The summed E-state index contributed by atoms with van der Waals surface area (Å²) < 4.78 is 16.7. The number of carboxylic acids is 1. The van der Waals surface area contributed by atoms with Crippen LogP contribution in [0.1, 0.15) is 39.0 Å². The number of rotatable bonds is 11. The first-order valence-electron chi connectivity index (χ1n) is 8.39. The van der Waals surface area contributed by atoms with E-state index in [1.807, 2.05) is 6.92 Å². The number of nitrogens with zero attached hydrogens (tertiary/aromatic N) is 1. The highest BCUT2D eigenvalue weighted by Crippen LogP contribution is 2.15. The lowest BCUT2D eigenvalue weighted by molar-refractivity contribution is -0.195. The SMILES string of the molecule is C=CCCC(=O)N(C)[C@@H](COC[C@H](C)OC1CCCCO1)C(=O)O. The number of carbonyl (C=O) groups excluding carboxylic acids is 1. The van der Waals surface area contributed by atoms with Crippen LogP contribution in [0.2, 0.25) is 0 Å². The third-order valence-corrected chi connectivity index (χ3v) is 3.86. The summed E-state index contributed by atoms with van der Waals surface area (Å²) in [5, 5.41) is 9.30. The fraction of sp³-hybridized carbons (Fsp3) is 0.765. The molecule has 0 aromatic rings. The monoisotopic (exact) mass is 343 g/mol. The Balaban J connectivity index is 2.35. The molecular formula is C17H29NO6. The molecule has 0 aromatic heterocycles. The molecule has 24 heavy (non-hydrogen) atoms. The Hall–Kier alpha value is -1.44. The van der Waals surface area contributed by atoms with Crippen LogP contribution in [0.25, 0.3) is 0 Å². The molecule has 1 N–H and O–H groups in total. The van der Waals surface area contributed by atoms with Gasteiger partial charge in [-0.3, -0.25) is 4.79 Å². The van der Waals surface area contributed by atoms with Crippen LogP contribution in [-0.2, 0) is 23.8 Å². The average Bonchev–Trinajstić information content (AvgIpc) is 2.56. The van der Waals surface area contributed by atoms with Gasteiger partial charge in [0.05, 0.1) is 19.3 Å². The Labute approximate surface area is 143 Å². The van der Waals surface area contributed by atoms with Crippen molar-refractivity contribution >= 4 is 11.9 Å². The molecular weight excluding hydrogens is 314 g/mol. The van der Waals surface area contributed by atoms with Crippen molar-refractivity contribution < 1.29 is 28.9 Å².